The predicted octanol–water partition coefficient (Wildman–Crippen LogP) is 4.91. The van der Waals surface area contributed by atoms with E-state index in [9.17, 15) is 22.8 Å². The second-order valence-electron chi connectivity index (χ2n) is 6.67. The van der Waals surface area contributed by atoms with Gasteiger partial charge in [0.2, 0.25) is 0 Å². The Morgan fingerprint density at radius 3 is 2.30 bits per heavy atom. The lowest BCUT2D eigenvalue weighted by Crippen LogP contribution is -2.22. The minimum absolute atomic E-state index is 0.225. The van der Waals surface area contributed by atoms with Crippen LogP contribution in [-0.2, 0) is 15.7 Å². The highest BCUT2D eigenvalue weighted by Crippen LogP contribution is 2.34. The van der Waals surface area contributed by atoms with Crippen LogP contribution in [0.5, 0.6) is 0 Å². The van der Waals surface area contributed by atoms with Crippen molar-refractivity contribution in [2.45, 2.75) is 20.0 Å². The summed E-state index contributed by atoms with van der Waals surface area (Å²) in [6, 6.07) is 15.2. The Bertz CT molecular complexity index is 1070. The SMILES string of the molecule is Cc1ccc(C)n1-c1cccc(C(=O)OCC(=O)Nc2ccccc2C(F)(F)F)c1. The average molecular weight is 416 g/mol. The number of carbonyl (C=O) groups excluding carboxylic acids is 2. The fraction of sp³-hybridized carbons (Fsp3) is 0.182. The number of aromatic nitrogens is 1. The number of halogens is 3. The van der Waals surface area contributed by atoms with Crippen LogP contribution in [0.15, 0.2) is 60.7 Å². The lowest BCUT2D eigenvalue weighted by Gasteiger charge is -2.14. The number of aryl methyl sites for hydroxylation is 2. The zero-order chi connectivity index (χ0) is 21.9. The number of nitrogens with zero attached hydrogens (tertiary/aromatic N) is 1. The van der Waals surface area contributed by atoms with Crippen LogP contribution in [0.1, 0.15) is 27.3 Å². The highest BCUT2D eigenvalue weighted by Gasteiger charge is 2.33. The number of alkyl halides is 3. The fourth-order valence-electron chi connectivity index (χ4n) is 3.09. The van der Waals surface area contributed by atoms with Crippen molar-refractivity contribution in [3.63, 3.8) is 0 Å². The summed E-state index contributed by atoms with van der Waals surface area (Å²) in [4.78, 5) is 24.3. The summed E-state index contributed by atoms with van der Waals surface area (Å²) >= 11 is 0. The number of anilines is 1. The largest absolute Gasteiger partial charge is 0.452 e. The fourth-order valence-corrected chi connectivity index (χ4v) is 3.09. The molecule has 0 bridgehead atoms. The highest BCUT2D eigenvalue weighted by molar-refractivity contribution is 5.96. The molecule has 0 aliphatic heterocycles. The molecule has 30 heavy (non-hydrogen) atoms. The van der Waals surface area contributed by atoms with Gasteiger partial charge in [-0.3, -0.25) is 4.79 Å². The molecule has 0 aliphatic rings. The first-order valence-electron chi connectivity index (χ1n) is 9.05. The number of ether oxygens (including phenoxy) is 1. The number of benzene rings is 2. The summed E-state index contributed by atoms with van der Waals surface area (Å²) < 4.78 is 46.0. The molecular weight excluding hydrogens is 397 g/mol. The second-order valence-corrected chi connectivity index (χ2v) is 6.67. The van der Waals surface area contributed by atoms with E-state index in [0.717, 1.165) is 29.2 Å². The molecule has 3 rings (SSSR count). The Morgan fingerprint density at radius 1 is 0.967 bits per heavy atom. The van der Waals surface area contributed by atoms with Crippen molar-refractivity contribution in [2.24, 2.45) is 0 Å². The molecule has 3 aromatic rings. The maximum atomic E-state index is 13.0. The lowest BCUT2D eigenvalue weighted by molar-refractivity contribution is -0.137. The topological polar surface area (TPSA) is 60.3 Å². The summed E-state index contributed by atoms with van der Waals surface area (Å²) in [5.41, 5.74) is 1.58. The van der Waals surface area contributed by atoms with Crippen molar-refractivity contribution in [2.75, 3.05) is 11.9 Å². The second kappa shape index (κ2) is 8.44. The van der Waals surface area contributed by atoms with Crippen LogP contribution in [0, 0.1) is 13.8 Å². The Balaban J connectivity index is 1.67. The van der Waals surface area contributed by atoms with Gasteiger partial charge >= 0.3 is 12.1 Å². The van der Waals surface area contributed by atoms with E-state index >= 15 is 0 Å². The van der Waals surface area contributed by atoms with Crippen molar-refractivity contribution in [3.05, 3.63) is 83.2 Å². The molecule has 1 N–H and O–H groups in total. The van der Waals surface area contributed by atoms with Crippen molar-refractivity contribution < 1.29 is 27.5 Å². The smallest absolute Gasteiger partial charge is 0.418 e. The first kappa shape index (κ1) is 21.2. The average Bonchev–Trinajstić information content (AvgIpc) is 3.04. The number of rotatable bonds is 5. The molecule has 0 saturated heterocycles. The summed E-state index contributed by atoms with van der Waals surface area (Å²) in [5, 5.41) is 2.13. The molecule has 1 aromatic heterocycles. The van der Waals surface area contributed by atoms with Gasteiger partial charge in [0.15, 0.2) is 6.61 Å². The van der Waals surface area contributed by atoms with Gasteiger partial charge < -0.3 is 14.6 Å². The number of nitrogens with one attached hydrogen (secondary N) is 1. The van der Waals surface area contributed by atoms with E-state index < -0.39 is 35.9 Å². The first-order valence-corrected chi connectivity index (χ1v) is 9.05. The monoisotopic (exact) mass is 416 g/mol. The molecule has 0 atom stereocenters. The minimum Gasteiger partial charge on any atom is -0.452 e. The molecule has 0 saturated carbocycles. The molecule has 5 nitrogen and oxygen atoms in total. The van der Waals surface area contributed by atoms with Gasteiger partial charge in [0.25, 0.3) is 5.91 Å². The summed E-state index contributed by atoms with van der Waals surface area (Å²) in [6.07, 6.45) is -4.62. The van der Waals surface area contributed by atoms with Crippen LogP contribution >= 0.6 is 0 Å². The molecule has 8 heteroatoms. The normalized spacial score (nSPS) is 11.2. The Morgan fingerprint density at radius 2 is 1.63 bits per heavy atom. The van der Waals surface area contributed by atoms with Crippen LogP contribution in [0.3, 0.4) is 0 Å². The van der Waals surface area contributed by atoms with Gasteiger partial charge in [-0.2, -0.15) is 13.2 Å². The van der Waals surface area contributed by atoms with Gasteiger partial charge in [-0.15, -0.1) is 0 Å². The molecule has 0 aliphatic carbocycles. The van der Waals surface area contributed by atoms with Gasteiger partial charge in [-0.05, 0) is 56.3 Å². The van der Waals surface area contributed by atoms with Crippen LogP contribution in [-0.4, -0.2) is 23.1 Å². The number of hydrogen-bond donors (Lipinski definition) is 1. The van der Waals surface area contributed by atoms with Gasteiger partial charge in [0, 0.05) is 17.1 Å². The van der Waals surface area contributed by atoms with Gasteiger partial charge in [0.05, 0.1) is 16.8 Å². The molecule has 2 aromatic carbocycles. The van der Waals surface area contributed by atoms with E-state index in [0.29, 0.717) is 0 Å². The molecule has 0 unspecified atom stereocenters. The Kier molecular flexibility index (Phi) is 5.96. The van der Waals surface area contributed by atoms with E-state index in [1.54, 1.807) is 12.1 Å². The molecule has 0 fully saturated rings. The van der Waals surface area contributed by atoms with Crippen LogP contribution in [0.2, 0.25) is 0 Å². The lowest BCUT2D eigenvalue weighted by atomic mass is 10.1. The van der Waals surface area contributed by atoms with E-state index in [4.69, 9.17) is 4.74 Å². The maximum Gasteiger partial charge on any atom is 0.418 e. The first-order chi connectivity index (χ1) is 14.2. The number of esters is 1. The number of amides is 1. The quantitative estimate of drug-likeness (QED) is 0.602. The van der Waals surface area contributed by atoms with E-state index in [-0.39, 0.29) is 5.56 Å². The third-order valence-corrected chi connectivity index (χ3v) is 4.45. The Hall–Kier alpha value is -3.55. The van der Waals surface area contributed by atoms with Crippen molar-refractivity contribution in [1.29, 1.82) is 0 Å². The predicted molar refractivity (Wildman–Crippen MR) is 106 cm³/mol. The van der Waals surface area contributed by atoms with Crippen LogP contribution < -0.4 is 5.32 Å². The Labute approximate surface area is 171 Å². The third kappa shape index (κ3) is 4.71. The molecule has 1 amide bonds. The van der Waals surface area contributed by atoms with Gasteiger partial charge in [-0.25, -0.2) is 4.79 Å². The molecular formula is C22H19F3N2O3. The molecule has 156 valence electrons. The molecule has 0 spiro atoms. The summed E-state index contributed by atoms with van der Waals surface area (Å²) in [5.74, 6) is -1.62. The zero-order valence-electron chi connectivity index (χ0n) is 16.3. The summed E-state index contributed by atoms with van der Waals surface area (Å²) in [7, 11) is 0. The molecule has 1 heterocycles. The van der Waals surface area contributed by atoms with Crippen molar-refractivity contribution >= 4 is 17.6 Å². The zero-order valence-corrected chi connectivity index (χ0v) is 16.3. The van der Waals surface area contributed by atoms with Crippen LogP contribution in [0.4, 0.5) is 18.9 Å². The number of hydrogen-bond acceptors (Lipinski definition) is 3. The standard InChI is InChI=1S/C22H19F3N2O3/c1-14-10-11-15(2)27(14)17-7-5-6-16(12-17)21(29)30-13-20(28)26-19-9-4-3-8-18(19)22(23,24)25/h3-12H,13H2,1-2H3,(H,26,28). The highest BCUT2D eigenvalue weighted by atomic mass is 19.4. The third-order valence-electron chi connectivity index (χ3n) is 4.45. The van der Waals surface area contributed by atoms with Crippen molar-refractivity contribution in [1.82, 2.24) is 4.57 Å². The maximum absolute atomic E-state index is 13.0. The summed E-state index contributed by atoms with van der Waals surface area (Å²) in [6.45, 7) is 3.15. The van der Waals surface area contributed by atoms with Crippen LogP contribution in [0.25, 0.3) is 5.69 Å². The van der Waals surface area contributed by atoms with E-state index in [1.165, 1.54) is 18.2 Å². The van der Waals surface area contributed by atoms with Gasteiger partial charge in [-0.1, -0.05) is 18.2 Å². The number of carbonyl (C=O) groups is 2. The van der Waals surface area contributed by atoms with Crippen molar-refractivity contribution in [3.8, 4) is 5.69 Å². The van der Waals surface area contributed by atoms with Gasteiger partial charge in [0.1, 0.15) is 0 Å². The number of para-hydroxylation sites is 1. The van der Waals surface area contributed by atoms with E-state index in [1.807, 2.05) is 36.6 Å². The van der Waals surface area contributed by atoms with E-state index in [2.05, 4.69) is 5.32 Å². The minimum atomic E-state index is -4.62. The molecule has 0 radical (unpaired) electrons.